The summed E-state index contributed by atoms with van der Waals surface area (Å²) in [5, 5.41) is 0. The van der Waals surface area contributed by atoms with Gasteiger partial charge in [-0.1, -0.05) is 67.6 Å². The first-order valence-corrected chi connectivity index (χ1v) is 8.71. The third kappa shape index (κ3) is 4.05. The second-order valence-corrected chi connectivity index (χ2v) is 6.47. The summed E-state index contributed by atoms with van der Waals surface area (Å²) < 4.78 is 6.03. The standard InChI is InChI=1S/C21H25NO2.ClH/c1-3-20(23)24-21(19-12-8-5-9-13-19)14-15-22(17(21)2)16-18-10-6-4-7-11-18;/h4-13,17H,3,14-16H2,1-2H3;1H. The van der Waals surface area contributed by atoms with E-state index in [0.29, 0.717) is 6.42 Å². The van der Waals surface area contributed by atoms with Crippen LogP contribution < -0.4 is 0 Å². The number of hydrogen-bond acceptors (Lipinski definition) is 3. The van der Waals surface area contributed by atoms with E-state index in [1.54, 1.807) is 0 Å². The van der Waals surface area contributed by atoms with Crippen molar-refractivity contribution >= 4 is 18.4 Å². The molecule has 0 radical (unpaired) electrons. The fourth-order valence-corrected chi connectivity index (χ4v) is 3.62. The first kappa shape index (κ1) is 19.5. The van der Waals surface area contributed by atoms with E-state index in [2.05, 4.69) is 48.2 Å². The minimum absolute atomic E-state index is 0. The SMILES string of the molecule is CCC(=O)OC1(c2ccccc2)CCN(Cc2ccccc2)C1C.Cl. The van der Waals surface area contributed by atoms with Crippen LogP contribution in [0.2, 0.25) is 0 Å². The predicted molar refractivity (Wildman–Crippen MR) is 103 cm³/mol. The van der Waals surface area contributed by atoms with Gasteiger partial charge in [-0.05, 0) is 18.1 Å². The van der Waals surface area contributed by atoms with E-state index in [-0.39, 0.29) is 24.4 Å². The van der Waals surface area contributed by atoms with Crippen LogP contribution in [-0.2, 0) is 21.7 Å². The third-order valence-corrected chi connectivity index (χ3v) is 5.07. The fraction of sp³-hybridized carbons (Fsp3) is 0.381. The Morgan fingerprint density at radius 2 is 1.72 bits per heavy atom. The van der Waals surface area contributed by atoms with Crippen LogP contribution in [0, 0.1) is 0 Å². The summed E-state index contributed by atoms with van der Waals surface area (Å²) in [6.45, 7) is 5.82. The Bertz CT molecular complexity index is 677. The van der Waals surface area contributed by atoms with E-state index in [0.717, 1.165) is 25.1 Å². The van der Waals surface area contributed by atoms with Gasteiger partial charge in [0.1, 0.15) is 0 Å². The van der Waals surface area contributed by atoms with Crippen LogP contribution in [-0.4, -0.2) is 23.5 Å². The number of ether oxygens (including phenoxy) is 1. The van der Waals surface area contributed by atoms with Gasteiger partial charge in [-0.15, -0.1) is 12.4 Å². The zero-order valence-electron chi connectivity index (χ0n) is 14.9. The van der Waals surface area contributed by atoms with Crippen molar-refractivity contribution in [3.05, 3.63) is 71.8 Å². The molecular formula is C21H26ClNO2. The van der Waals surface area contributed by atoms with E-state index >= 15 is 0 Å². The topological polar surface area (TPSA) is 29.5 Å². The number of esters is 1. The normalized spacial score (nSPS) is 23.0. The molecule has 0 bridgehead atoms. The van der Waals surface area contributed by atoms with Crippen LogP contribution in [0.1, 0.15) is 37.8 Å². The molecule has 1 aliphatic rings. The van der Waals surface area contributed by atoms with Gasteiger partial charge in [-0.25, -0.2) is 0 Å². The molecule has 2 aromatic rings. The summed E-state index contributed by atoms with van der Waals surface area (Å²) in [5.41, 5.74) is 1.83. The summed E-state index contributed by atoms with van der Waals surface area (Å²) in [6, 6.07) is 20.8. The van der Waals surface area contributed by atoms with Crippen LogP contribution in [0.15, 0.2) is 60.7 Å². The van der Waals surface area contributed by atoms with Crippen LogP contribution in [0.4, 0.5) is 0 Å². The molecule has 3 nitrogen and oxygen atoms in total. The zero-order valence-corrected chi connectivity index (χ0v) is 15.7. The third-order valence-electron chi connectivity index (χ3n) is 5.07. The maximum Gasteiger partial charge on any atom is 0.306 e. The highest BCUT2D eigenvalue weighted by Crippen LogP contribution is 2.42. The summed E-state index contributed by atoms with van der Waals surface area (Å²) in [6.07, 6.45) is 1.23. The molecule has 0 aromatic heterocycles. The van der Waals surface area contributed by atoms with Crippen molar-refractivity contribution in [1.29, 1.82) is 0 Å². The van der Waals surface area contributed by atoms with Crippen molar-refractivity contribution in [2.45, 2.75) is 44.9 Å². The molecule has 0 N–H and O–H groups in total. The van der Waals surface area contributed by atoms with Gasteiger partial charge in [0.2, 0.25) is 0 Å². The number of likely N-dealkylation sites (tertiary alicyclic amines) is 1. The number of carbonyl (C=O) groups is 1. The van der Waals surface area contributed by atoms with Gasteiger partial charge in [0, 0.05) is 25.9 Å². The van der Waals surface area contributed by atoms with E-state index in [4.69, 9.17) is 4.74 Å². The molecule has 1 aliphatic heterocycles. The number of benzene rings is 2. The Morgan fingerprint density at radius 3 is 2.32 bits per heavy atom. The maximum atomic E-state index is 12.1. The number of nitrogens with zero attached hydrogens (tertiary/aromatic N) is 1. The molecule has 1 saturated heterocycles. The summed E-state index contributed by atoms with van der Waals surface area (Å²) in [4.78, 5) is 14.5. The Hall–Kier alpha value is -1.84. The molecule has 134 valence electrons. The molecule has 2 aromatic carbocycles. The van der Waals surface area contributed by atoms with Crippen LogP contribution in [0.5, 0.6) is 0 Å². The zero-order chi connectivity index (χ0) is 17.0. The molecule has 0 aliphatic carbocycles. The lowest BCUT2D eigenvalue weighted by atomic mass is 9.86. The van der Waals surface area contributed by atoms with Gasteiger partial charge in [0.25, 0.3) is 0 Å². The first-order chi connectivity index (χ1) is 11.7. The van der Waals surface area contributed by atoms with Crippen LogP contribution in [0.3, 0.4) is 0 Å². The lowest BCUT2D eigenvalue weighted by Gasteiger charge is -2.36. The number of halogens is 1. The summed E-state index contributed by atoms with van der Waals surface area (Å²) in [5.74, 6) is -0.132. The van der Waals surface area contributed by atoms with Crippen molar-refractivity contribution in [2.75, 3.05) is 6.54 Å². The molecule has 1 fully saturated rings. The number of carbonyl (C=O) groups excluding carboxylic acids is 1. The Balaban J connectivity index is 0.00000225. The molecule has 3 rings (SSSR count). The Morgan fingerprint density at radius 1 is 1.12 bits per heavy atom. The molecule has 0 saturated carbocycles. The largest absolute Gasteiger partial charge is 0.452 e. The van der Waals surface area contributed by atoms with Crippen molar-refractivity contribution < 1.29 is 9.53 Å². The smallest absolute Gasteiger partial charge is 0.306 e. The van der Waals surface area contributed by atoms with Crippen LogP contribution in [0.25, 0.3) is 0 Å². The highest BCUT2D eigenvalue weighted by molar-refractivity contribution is 5.85. The van der Waals surface area contributed by atoms with Crippen molar-refractivity contribution in [2.24, 2.45) is 0 Å². The van der Waals surface area contributed by atoms with Crippen molar-refractivity contribution in [3.8, 4) is 0 Å². The lowest BCUT2D eigenvalue weighted by molar-refractivity contribution is -0.163. The monoisotopic (exact) mass is 359 g/mol. The minimum Gasteiger partial charge on any atom is -0.452 e. The first-order valence-electron chi connectivity index (χ1n) is 8.71. The minimum atomic E-state index is -0.552. The molecule has 0 spiro atoms. The van der Waals surface area contributed by atoms with Gasteiger partial charge in [-0.2, -0.15) is 0 Å². The molecular weight excluding hydrogens is 334 g/mol. The van der Waals surface area contributed by atoms with Gasteiger partial charge < -0.3 is 4.74 Å². The predicted octanol–water partition coefficient (Wildman–Crippen LogP) is 4.55. The second-order valence-electron chi connectivity index (χ2n) is 6.47. The number of rotatable bonds is 5. The summed E-state index contributed by atoms with van der Waals surface area (Å²) in [7, 11) is 0. The quantitative estimate of drug-likeness (QED) is 0.733. The van der Waals surface area contributed by atoms with E-state index in [1.807, 2.05) is 31.2 Å². The van der Waals surface area contributed by atoms with E-state index < -0.39 is 5.60 Å². The van der Waals surface area contributed by atoms with Crippen molar-refractivity contribution in [1.82, 2.24) is 4.90 Å². The highest BCUT2D eigenvalue weighted by atomic mass is 35.5. The molecule has 25 heavy (non-hydrogen) atoms. The maximum absolute atomic E-state index is 12.1. The molecule has 1 heterocycles. The van der Waals surface area contributed by atoms with Crippen LogP contribution >= 0.6 is 12.4 Å². The van der Waals surface area contributed by atoms with Gasteiger partial charge >= 0.3 is 5.97 Å². The molecule has 0 amide bonds. The van der Waals surface area contributed by atoms with E-state index in [1.165, 1.54) is 5.56 Å². The van der Waals surface area contributed by atoms with Gasteiger partial charge in [0.15, 0.2) is 5.60 Å². The van der Waals surface area contributed by atoms with Gasteiger partial charge in [-0.3, -0.25) is 9.69 Å². The highest BCUT2D eigenvalue weighted by Gasteiger charge is 2.49. The van der Waals surface area contributed by atoms with Crippen molar-refractivity contribution in [3.63, 3.8) is 0 Å². The lowest BCUT2D eigenvalue weighted by Crippen LogP contribution is -2.43. The fourth-order valence-electron chi connectivity index (χ4n) is 3.62. The second kappa shape index (κ2) is 8.50. The summed E-state index contributed by atoms with van der Waals surface area (Å²) >= 11 is 0. The van der Waals surface area contributed by atoms with Gasteiger partial charge in [0.05, 0.1) is 6.04 Å². The average Bonchev–Trinajstić information content (AvgIpc) is 2.94. The Kier molecular flexibility index (Phi) is 6.63. The van der Waals surface area contributed by atoms with E-state index in [9.17, 15) is 4.79 Å². The Labute approximate surface area is 156 Å². The number of hydrogen-bond donors (Lipinski definition) is 0. The molecule has 2 atom stereocenters. The molecule has 4 heteroatoms. The average molecular weight is 360 g/mol. The molecule has 2 unspecified atom stereocenters.